The molecule has 0 aliphatic heterocycles. The summed E-state index contributed by atoms with van der Waals surface area (Å²) in [5.41, 5.74) is 1.98. The third-order valence-electron chi connectivity index (χ3n) is 3.27. The first-order valence-electron chi connectivity index (χ1n) is 6.25. The predicted octanol–water partition coefficient (Wildman–Crippen LogP) is 2.73. The first-order chi connectivity index (χ1) is 10.0. The van der Waals surface area contributed by atoms with Crippen molar-refractivity contribution in [3.8, 4) is 0 Å². The maximum atomic E-state index is 12.0. The molecule has 6 heteroatoms. The molecule has 3 aromatic rings. The van der Waals surface area contributed by atoms with Crippen molar-refractivity contribution in [2.45, 2.75) is 6.54 Å². The summed E-state index contributed by atoms with van der Waals surface area (Å²) in [5.74, 6) is -1.02. The molecular formula is C15H11ClN2O3. The topological polar surface area (TPSA) is 75.1 Å². The van der Waals surface area contributed by atoms with Crippen LogP contribution in [-0.2, 0) is 6.54 Å². The molecule has 2 N–H and O–H groups in total. The fourth-order valence-electron chi connectivity index (χ4n) is 2.23. The van der Waals surface area contributed by atoms with E-state index >= 15 is 0 Å². The fraction of sp³-hybridized carbons (Fsp3) is 0.0667. The number of aromatic nitrogens is 2. The summed E-state index contributed by atoms with van der Waals surface area (Å²) in [6.45, 7) is 0.391. The number of H-pyrrole nitrogens is 1. The van der Waals surface area contributed by atoms with Crippen LogP contribution in [0.2, 0.25) is 5.02 Å². The van der Waals surface area contributed by atoms with Crippen LogP contribution in [0.1, 0.15) is 15.9 Å². The quantitative estimate of drug-likeness (QED) is 0.781. The number of nitrogens with zero attached hydrogens (tertiary/aromatic N) is 1. The number of halogens is 1. The second-order valence-corrected chi connectivity index (χ2v) is 5.12. The Morgan fingerprint density at radius 3 is 2.57 bits per heavy atom. The molecule has 0 atom stereocenters. The smallest absolute Gasteiger partial charge is 0.335 e. The molecule has 0 bridgehead atoms. The molecular weight excluding hydrogens is 292 g/mol. The Bertz CT molecular complexity index is 878. The highest BCUT2D eigenvalue weighted by atomic mass is 35.5. The SMILES string of the molecule is O=C(O)c1ccc2c(c1)[nH]c(=O)n2Cc1ccc(Cl)cc1. The van der Waals surface area contributed by atoms with Gasteiger partial charge < -0.3 is 10.1 Å². The maximum Gasteiger partial charge on any atom is 0.335 e. The number of imidazole rings is 1. The fourth-order valence-corrected chi connectivity index (χ4v) is 2.35. The molecule has 5 nitrogen and oxygen atoms in total. The summed E-state index contributed by atoms with van der Waals surface area (Å²) in [6, 6.07) is 11.8. The van der Waals surface area contributed by atoms with E-state index in [-0.39, 0.29) is 11.3 Å². The zero-order chi connectivity index (χ0) is 15.0. The summed E-state index contributed by atoms with van der Waals surface area (Å²) in [5, 5.41) is 9.61. The Labute approximate surface area is 124 Å². The van der Waals surface area contributed by atoms with Crippen LogP contribution in [0.4, 0.5) is 0 Å². The van der Waals surface area contributed by atoms with Crippen LogP contribution in [0.3, 0.4) is 0 Å². The largest absolute Gasteiger partial charge is 0.478 e. The summed E-state index contributed by atoms with van der Waals surface area (Å²) in [7, 11) is 0. The molecule has 0 radical (unpaired) electrons. The number of aromatic carboxylic acids is 1. The van der Waals surface area contributed by atoms with E-state index in [0.29, 0.717) is 22.6 Å². The zero-order valence-corrected chi connectivity index (χ0v) is 11.6. The number of hydrogen-bond donors (Lipinski definition) is 2. The molecule has 0 spiro atoms. The van der Waals surface area contributed by atoms with Crippen LogP contribution in [0.15, 0.2) is 47.3 Å². The molecule has 3 rings (SSSR count). The number of nitrogens with one attached hydrogen (secondary N) is 1. The van der Waals surface area contributed by atoms with E-state index in [0.717, 1.165) is 5.56 Å². The Balaban J connectivity index is 2.06. The number of carboxylic acids is 1. The second kappa shape index (κ2) is 5.10. The number of hydrogen-bond acceptors (Lipinski definition) is 2. The summed E-state index contributed by atoms with van der Waals surface area (Å²) in [6.07, 6.45) is 0. The van der Waals surface area contributed by atoms with Gasteiger partial charge in [0, 0.05) is 5.02 Å². The van der Waals surface area contributed by atoms with Gasteiger partial charge in [-0.25, -0.2) is 9.59 Å². The van der Waals surface area contributed by atoms with Crippen molar-refractivity contribution in [2.24, 2.45) is 0 Å². The number of benzene rings is 2. The first kappa shape index (κ1) is 13.5. The second-order valence-electron chi connectivity index (χ2n) is 4.68. The summed E-state index contributed by atoms with van der Waals surface area (Å²) >= 11 is 5.84. The van der Waals surface area contributed by atoms with E-state index in [9.17, 15) is 9.59 Å². The average molecular weight is 303 g/mol. The van der Waals surface area contributed by atoms with E-state index in [2.05, 4.69) is 4.98 Å². The molecule has 0 fully saturated rings. The summed E-state index contributed by atoms with van der Waals surface area (Å²) < 4.78 is 1.56. The molecule has 106 valence electrons. The van der Waals surface area contributed by atoms with Crippen LogP contribution < -0.4 is 5.69 Å². The average Bonchev–Trinajstić information content (AvgIpc) is 2.76. The van der Waals surface area contributed by atoms with Crippen molar-refractivity contribution in [3.63, 3.8) is 0 Å². The standard InChI is InChI=1S/C15H11ClN2O3/c16-11-4-1-9(2-5-11)8-18-13-6-3-10(14(19)20)7-12(13)17-15(18)21/h1-7H,8H2,(H,17,21)(H,19,20). The molecule has 21 heavy (non-hydrogen) atoms. The first-order valence-corrected chi connectivity index (χ1v) is 6.63. The summed E-state index contributed by atoms with van der Waals surface area (Å²) in [4.78, 5) is 25.6. The minimum atomic E-state index is -1.02. The predicted molar refractivity (Wildman–Crippen MR) is 80.1 cm³/mol. The number of rotatable bonds is 3. The maximum absolute atomic E-state index is 12.0. The van der Waals surface area contributed by atoms with Crippen molar-refractivity contribution in [3.05, 3.63) is 69.1 Å². The molecule has 0 saturated heterocycles. The highest BCUT2D eigenvalue weighted by molar-refractivity contribution is 6.30. The van der Waals surface area contributed by atoms with E-state index in [1.54, 1.807) is 22.8 Å². The molecule has 0 amide bonds. The molecule has 1 heterocycles. The Hall–Kier alpha value is -2.53. The minimum absolute atomic E-state index is 0.141. The van der Waals surface area contributed by atoms with Gasteiger partial charge in [0.2, 0.25) is 0 Å². The molecule has 0 unspecified atom stereocenters. The van der Waals surface area contributed by atoms with Gasteiger partial charge >= 0.3 is 11.7 Å². The van der Waals surface area contributed by atoms with Gasteiger partial charge in [0.1, 0.15) is 0 Å². The number of carbonyl (C=O) groups is 1. The van der Waals surface area contributed by atoms with Crippen molar-refractivity contribution in [2.75, 3.05) is 0 Å². The number of carboxylic acid groups (broad SMARTS) is 1. The van der Waals surface area contributed by atoms with Crippen LogP contribution in [0.25, 0.3) is 11.0 Å². The van der Waals surface area contributed by atoms with Crippen LogP contribution in [0.5, 0.6) is 0 Å². The lowest BCUT2D eigenvalue weighted by Gasteiger charge is -2.04. The van der Waals surface area contributed by atoms with Gasteiger partial charge in [-0.3, -0.25) is 4.57 Å². The van der Waals surface area contributed by atoms with Gasteiger partial charge in [-0.2, -0.15) is 0 Å². The van der Waals surface area contributed by atoms with Crippen molar-refractivity contribution in [1.82, 2.24) is 9.55 Å². The lowest BCUT2D eigenvalue weighted by atomic mass is 10.2. The van der Waals surface area contributed by atoms with Crippen LogP contribution in [0, 0.1) is 0 Å². The monoisotopic (exact) mass is 302 g/mol. The molecule has 0 aliphatic carbocycles. The van der Waals surface area contributed by atoms with Gasteiger partial charge in [-0.1, -0.05) is 23.7 Å². The minimum Gasteiger partial charge on any atom is -0.478 e. The van der Waals surface area contributed by atoms with Crippen molar-refractivity contribution >= 4 is 28.6 Å². The molecule has 2 aromatic carbocycles. The normalized spacial score (nSPS) is 10.9. The lowest BCUT2D eigenvalue weighted by molar-refractivity contribution is 0.0697. The van der Waals surface area contributed by atoms with Gasteiger partial charge in [-0.15, -0.1) is 0 Å². The van der Waals surface area contributed by atoms with E-state index in [4.69, 9.17) is 16.7 Å². The van der Waals surface area contributed by atoms with E-state index in [1.165, 1.54) is 12.1 Å². The van der Waals surface area contributed by atoms with Crippen LogP contribution >= 0.6 is 11.6 Å². The third kappa shape index (κ3) is 2.55. The molecule has 0 saturated carbocycles. The third-order valence-corrected chi connectivity index (χ3v) is 3.53. The Kier molecular flexibility index (Phi) is 3.27. The highest BCUT2D eigenvalue weighted by Gasteiger charge is 2.10. The van der Waals surface area contributed by atoms with Gasteiger partial charge in [0.25, 0.3) is 0 Å². The Morgan fingerprint density at radius 2 is 1.90 bits per heavy atom. The molecule has 0 aliphatic rings. The van der Waals surface area contributed by atoms with Gasteiger partial charge in [-0.05, 0) is 35.9 Å². The van der Waals surface area contributed by atoms with Crippen molar-refractivity contribution in [1.29, 1.82) is 0 Å². The van der Waals surface area contributed by atoms with E-state index in [1.807, 2.05) is 12.1 Å². The van der Waals surface area contributed by atoms with E-state index < -0.39 is 5.97 Å². The van der Waals surface area contributed by atoms with Crippen LogP contribution in [-0.4, -0.2) is 20.6 Å². The van der Waals surface area contributed by atoms with Gasteiger partial charge in [0.15, 0.2) is 0 Å². The number of aromatic amines is 1. The lowest BCUT2D eigenvalue weighted by Crippen LogP contribution is -2.17. The highest BCUT2D eigenvalue weighted by Crippen LogP contribution is 2.15. The number of fused-ring (bicyclic) bond motifs is 1. The zero-order valence-electron chi connectivity index (χ0n) is 10.8. The van der Waals surface area contributed by atoms with Gasteiger partial charge in [0.05, 0.1) is 23.1 Å². The molecule has 1 aromatic heterocycles. The Morgan fingerprint density at radius 1 is 1.19 bits per heavy atom. The van der Waals surface area contributed by atoms with Crippen molar-refractivity contribution < 1.29 is 9.90 Å².